The molecule has 3 fully saturated rings. The van der Waals surface area contributed by atoms with E-state index in [9.17, 15) is 18.0 Å². The van der Waals surface area contributed by atoms with Crippen LogP contribution in [0.1, 0.15) is 74.2 Å². The van der Waals surface area contributed by atoms with Gasteiger partial charge in [0.05, 0.1) is 23.9 Å². The Morgan fingerprint density at radius 1 is 0.868 bits per heavy atom. The number of amides is 3. The number of anilines is 1. The summed E-state index contributed by atoms with van der Waals surface area (Å²) in [5.74, 6) is 0.435. The predicted octanol–water partition coefficient (Wildman–Crippen LogP) is 7.08. The number of carbonyl (C=O) groups is 2. The summed E-state index contributed by atoms with van der Waals surface area (Å²) in [7, 11) is -3.95. The molecular formula is C38H45Cl3N6O5S. The molecule has 3 amide bonds. The maximum absolute atomic E-state index is 14.9. The Hall–Kier alpha value is -3.55. The molecule has 4 aliphatic heterocycles. The van der Waals surface area contributed by atoms with Crippen molar-refractivity contribution in [3.63, 3.8) is 0 Å². The molecule has 3 aromatic carbocycles. The van der Waals surface area contributed by atoms with Gasteiger partial charge in [-0.05, 0) is 80.5 Å². The summed E-state index contributed by atoms with van der Waals surface area (Å²) in [5.41, 5.74) is 2.56. The molecule has 11 nitrogen and oxygen atoms in total. The Kier molecular flexibility index (Phi) is 12.5. The van der Waals surface area contributed by atoms with Gasteiger partial charge in [-0.15, -0.1) is 12.4 Å². The van der Waals surface area contributed by atoms with Crippen molar-refractivity contribution in [2.24, 2.45) is 4.99 Å². The van der Waals surface area contributed by atoms with Gasteiger partial charge in [-0.2, -0.15) is 4.31 Å². The van der Waals surface area contributed by atoms with Crippen LogP contribution in [-0.4, -0.2) is 92.7 Å². The van der Waals surface area contributed by atoms with Crippen LogP contribution in [-0.2, 0) is 14.8 Å². The van der Waals surface area contributed by atoms with E-state index in [1.54, 1.807) is 39.5 Å². The number of rotatable bonds is 8. The van der Waals surface area contributed by atoms with Crippen LogP contribution in [0.2, 0.25) is 10.0 Å². The van der Waals surface area contributed by atoms with Gasteiger partial charge in [0.1, 0.15) is 29.1 Å². The molecule has 0 unspecified atom stereocenters. The van der Waals surface area contributed by atoms with Crippen LogP contribution in [0.5, 0.6) is 5.75 Å². The first kappa shape index (κ1) is 39.2. The summed E-state index contributed by atoms with van der Waals surface area (Å²) in [6, 6.07) is 16.4. The van der Waals surface area contributed by atoms with Crippen LogP contribution in [0.15, 0.2) is 70.6 Å². The van der Waals surface area contributed by atoms with Crippen LogP contribution < -0.4 is 15.0 Å². The first-order valence-electron chi connectivity index (χ1n) is 18.2. The van der Waals surface area contributed by atoms with E-state index in [2.05, 4.69) is 10.2 Å². The number of ether oxygens (including phenoxy) is 1. The zero-order chi connectivity index (χ0) is 36.4. The zero-order valence-electron chi connectivity index (χ0n) is 29.7. The van der Waals surface area contributed by atoms with Crippen molar-refractivity contribution in [2.75, 3.05) is 57.3 Å². The van der Waals surface area contributed by atoms with Crippen LogP contribution in [0, 0.1) is 0 Å². The topological polar surface area (TPSA) is 115 Å². The number of nitrogens with one attached hydrogen (secondary N) is 1. The lowest BCUT2D eigenvalue weighted by molar-refractivity contribution is -0.123. The molecular weight excluding hydrogens is 759 g/mol. The van der Waals surface area contributed by atoms with E-state index < -0.39 is 28.1 Å². The van der Waals surface area contributed by atoms with Gasteiger partial charge in [-0.1, -0.05) is 53.9 Å². The highest BCUT2D eigenvalue weighted by Crippen LogP contribution is 2.47. The summed E-state index contributed by atoms with van der Waals surface area (Å²) in [6.45, 7) is 5.02. The van der Waals surface area contributed by atoms with Gasteiger partial charge in [0.15, 0.2) is 0 Å². The number of sulfonamides is 1. The summed E-state index contributed by atoms with van der Waals surface area (Å²) < 4.78 is 37.3. The van der Waals surface area contributed by atoms with Crippen molar-refractivity contribution in [1.29, 1.82) is 0 Å². The lowest BCUT2D eigenvalue weighted by atomic mass is 9.93. The maximum atomic E-state index is 14.9. The van der Waals surface area contributed by atoms with E-state index in [-0.39, 0.29) is 35.6 Å². The lowest BCUT2D eigenvalue weighted by Gasteiger charge is -2.36. The Labute approximate surface area is 327 Å². The molecule has 2 atom stereocenters. The number of carbonyl (C=O) groups excluding carboxylic acids is 2. The second-order valence-corrected chi connectivity index (χ2v) is 16.4. The van der Waals surface area contributed by atoms with Crippen LogP contribution in [0.25, 0.3) is 0 Å². The van der Waals surface area contributed by atoms with Crippen molar-refractivity contribution in [3.8, 4) is 5.75 Å². The highest BCUT2D eigenvalue weighted by Gasteiger charge is 2.46. The minimum atomic E-state index is -3.95. The van der Waals surface area contributed by atoms with E-state index in [0.29, 0.717) is 59.8 Å². The van der Waals surface area contributed by atoms with Crippen molar-refractivity contribution in [1.82, 2.24) is 19.4 Å². The molecule has 1 N–H and O–H groups in total. The molecule has 4 aliphatic rings. The van der Waals surface area contributed by atoms with Gasteiger partial charge in [-0.25, -0.2) is 13.2 Å². The molecule has 4 heterocycles. The third kappa shape index (κ3) is 8.12. The van der Waals surface area contributed by atoms with Crippen molar-refractivity contribution in [3.05, 3.63) is 87.4 Å². The smallest absolute Gasteiger partial charge is 0.326 e. The quantitative estimate of drug-likeness (QED) is 0.261. The molecule has 0 saturated carbocycles. The molecule has 284 valence electrons. The summed E-state index contributed by atoms with van der Waals surface area (Å²) in [6.07, 6.45) is 5.58. The molecule has 7 rings (SSSR count). The third-order valence-corrected chi connectivity index (χ3v) is 12.7. The van der Waals surface area contributed by atoms with Crippen LogP contribution in [0.4, 0.5) is 10.5 Å². The molecule has 0 aliphatic carbocycles. The number of nitrogens with zero attached hydrogens (tertiary/aromatic N) is 5. The van der Waals surface area contributed by atoms with Crippen molar-refractivity contribution < 1.29 is 22.7 Å². The summed E-state index contributed by atoms with van der Waals surface area (Å²) >= 11 is 12.7. The summed E-state index contributed by atoms with van der Waals surface area (Å²) in [4.78, 5) is 38.2. The molecule has 0 spiro atoms. The number of hydrogen-bond acceptors (Lipinski definition) is 7. The Morgan fingerprint density at radius 3 is 2.08 bits per heavy atom. The number of urea groups is 1. The highest BCUT2D eigenvalue weighted by molar-refractivity contribution is 7.89. The van der Waals surface area contributed by atoms with Gasteiger partial charge >= 0.3 is 6.03 Å². The van der Waals surface area contributed by atoms with Gasteiger partial charge in [0.25, 0.3) is 0 Å². The number of aliphatic imine (C=N–C) groups is 1. The van der Waals surface area contributed by atoms with E-state index in [0.717, 1.165) is 62.7 Å². The summed E-state index contributed by atoms with van der Waals surface area (Å²) in [5, 5.41) is 3.90. The first-order chi connectivity index (χ1) is 25.2. The van der Waals surface area contributed by atoms with Crippen molar-refractivity contribution >= 4 is 69.1 Å². The number of amidine groups is 1. The van der Waals surface area contributed by atoms with E-state index in [1.165, 1.54) is 4.90 Å². The number of halogens is 3. The predicted molar refractivity (Wildman–Crippen MR) is 210 cm³/mol. The minimum Gasteiger partial charge on any atom is -0.493 e. The van der Waals surface area contributed by atoms with Gasteiger partial charge < -0.3 is 19.9 Å². The number of hydrogen-bond donors (Lipinski definition) is 1. The average Bonchev–Trinajstić information content (AvgIpc) is 3.56. The standard InChI is InChI=1S/C38H44Cl2N6O5S.ClH/c1-2-51-32-24-31(43-18-5-3-6-19-43)33(52(49,50)45-20-7-4-8-21-45)23-30(32)37-42-35(26-9-13-28(39)14-10-26)36(27-11-15-29(40)16-12-27)46(37)38(48)44-22-17-41-34(47)25-44;/h9-16,23-24,35-36H,2-8,17-22,25H2,1H3,(H,41,47);1H/t35-,36+;/m1./s1. The van der Waals surface area contributed by atoms with E-state index in [4.69, 9.17) is 32.9 Å². The lowest BCUT2D eigenvalue weighted by Crippen LogP contribution is -2.55. The molecule has 0 radical (unpaired) electrons. The van der Waals surface area contributed by atoms with Gasteiger partial charge in [-0.3, -0.25) is 14.7 Å². The fourth-order valence-corrected chi connectivity index (χ4v) is 9.63. The highest BCUT2D eigenvalue weighted by atomic mass is 35.5. The fourth-order valence-electron chi connectivity index (χ4n) is 7.64. The molecule has 15 heteroatoms. The third-order valence-electron chi connectivity index (χ3n) is 10.2. The molecule has 3 saturated heterocycles. The second-order valence-electron chi connectivity index (χ2n) is 13.6. The number of piperidine rings is 2. The fraction of sp³-hybridized carbons (Fsp3) is 0.447. The largest absolute Gasteiger partial charge is 0.493 e. The molecule has 53 heavy (non-hydrogen) atoms. The van der Waals surface area contributed by atoms with Crippen LogP contribution >= 0.6 is 35.6 Å². The zero-order valence-corrected chi connectivity index (χ0v) is 32.8. The van der Waals surface area contributed by atoms with Gasteiger partial charge in [0.2, 0.25) is 15.9 Å². The van der Waals surface area contributed by atoms with Crippen molar-refractivity contribution in [2.45, 2.75) is 62.4 Å². The minimum absolute atomic E-state index is 0. The number of benzene rings is 3. The van der Waals surface area contributed by atoms with E-state index in [1.807, 2.05) is 37.3 Å². The monoisotopic (exact) mass is 802 g/mol. The number of piperazine rings is 1. The molecule has 0 bridgehead atoms. The maximum Gasteiger partial charge on any atom is 0.326 e. The Morgan fingerprint density at radius 2 is 1.47 bits per heavy atom. The first-order valence-corrected chi connectivity index (χ1v) is 20.3. The van der Waals surface area contributed by atoms with Gasteiger partial charge in [0, 0.05) is 55.4 Å². The SMILES string of the molecule is CCOc1cc(N2CCCCC2)c(S(=O)(=O)N2CCCCC2)cc1C1=N[C@H](c2ccc(Cl)cc2)[C@H](c2ccc(Cl)cc2)N1C(=O)N1CCNC(=O)C1.Cl. The van der Waals surface area contributed by atoms with Crippen LogP contribution in [0.3, 0.4) is 0 Å². The second kappa shape index (κ2) is 16.9. The Balaban J connectivity index is 0.00000481. The Bertz CT molecular complexity index is 1930. The molecule has 3 aromatic rings. The molecule has 0 aromatic heterocycles. The average molecular weight is 804 g/mol. The van der Waals surface area contributed by atoms with E-state index >= 15 is 0 Å². The normalized spacial score (nSPS) is 21.2.